The molecule has 0 aromatic carbocycles. The second-order valence-corrected chi connectivity index (χ2v) is 3.81. The number of nitrogens with two attached hydrogens (primary N) is 1. The van der Waals surface area contributed by atoms with E-state index in [-0.39, 0.29) is 17.1 Å². The second-order valence-electron chi connectivity index (χ2n) is 3.37. The smallest absolute Gasteiger partial charge is 0.242 e. The number of carbonyl (C=O) groups excluding carboxylic acids is 1. The Labute approximate surface area is 84.3 Å². The number of hydrogen-bond acceptors (Lipinski definition) is 2. The molecule has 0 fully saturated rings. The fourth-order valence-corrected chi connectivity index (χ4v) is 0.914. The molecule has 4 nitrogen and oxygen atoms in total. The third-order valence-corrected chi connectivity index (χ3v) is 1.55. The van der Waals surface area contributed by atoms with Crippen molar-refractivity contribution in [3.05, 3.63) is 0 Å². The lowest BCUT2D eigenvalue weighted by Crippen LogP contribution is -2.47. The van der Waals surface area contributed by atoms with E-state index in [1.54, 1.807) is 6.92 Å². The number of amides is 1. The lowest BCUT2D eigenvalue weighted by Gasteiger charge is -2.14. The van der Waals surface area contributed by atoms with Gasteiger partial charge in [0.2, 0.25) is 5.91 Å². The second kappa shape index (κ2) is 5.75. The summed E-state index contributed by atoms with van der Waals surface area (Å²) in [5.41, 5.74) is 5.23. The quantitative estimate of drug-likeness (QED) is 0.562. The van der Waals surface area contributed by atoms with Crippen LogP contribution in [0.2, 0.25) is 0 Å². The van der Waals surface area contributed by atoms with Crippen molar-refractivity contribution < 1.29 is 4.79 Å². The van der Waals surface area contributed by atoms with Crippen LogP contribution in [0.15, 0.2) is 0 Å². The highest BCUT2D eigenvalue weighted by molar-refractivity contribution is 7.80. The Bertz CT molecular complexity index is 194. The molecular formula is C8H17N3OS. The zero-order chi connectivity index (χ0) is 10.4. The summed E-state index contributed by atoms with van der Waals surface area (Å²) in [7, 11) is 0. The Hall–Kier alpha value is -0.840. The molecule has 0 rings (SSSR count). The molecule has 0 aromatic heterocycles. The standard InChI is InChI=1S/C8H17N3OS/c1-5(2)4-10-7(12)6(3)11-8(9)13/h5-6H,4H2,1-3H3,(H,10,12)(H3,9,11,13). The molecule has 0 saturated heterocycles. The Morgan fingerprint density at radius 1 is 1.46 bits per heavy atom. The first-order valence-electron chi connectivity index (χ1n) is 4.27. The molecule has 0 heterocycles. The summed E-state index contributed by atoms with van der Waals surface area (Å²) in [6.45, 7) is 6.45. The van der Waals surface area contributed by atoms with E-state index in [9.17, 15) is 4.79 Å². The maximum absolute atomic E-state index is 11.3. The van der Waals surface area contributed by atoms with Crippen molar-refractivity contribution in [1.82, 2.24) is 10.6 Å². The van der Waals surface area contributed by atoms with Crippen molar-refractivity contribution >= 4 is 23.2 Å². The molecule has 0 spiro atoms. The van der Waals surface area contributed by atoms with Crippen molar-refractivity contribution in [2.24, 2.45) is 11.7 Å². The predicted octanol–water partition coefficient (Wildman–Crippen LogP) is -0.0197. The van der Waals surface area contributed by atoms with Crippen molar-refractivity contribution in [3.63, 3.8) is 0 Å². The van der Waals surface area contributed by atoms with Gasteiger partial charge in [0.1, 0.15) is 6.04 Å². The lowest BCUT2D eigenvalue weighted by atomic mass is 10.2. The molecule has 1 atom stereocenters. The van der Waals surface area contributed by atoms with Crippen LogP contribution in [0.5, 0.6) is 0 Å². The Morgan fingerprint density at radius 3 is 2.38 bits per heavy atom. The van der Waals surface area contributed by atoms with Gasteiger partial charge in [-0.05, 0) is 25.1 Å². The van der Waals surface area contributed by atoms with Gasteiger partial charge in [0.05, 0.1) is 0 Å². The Balaban J connectivity index is 3.76. The largest absolute Gasteiger partial charge is 0.376 e. The molecule has 1 amide bonds. The van der Waals surface area contributed by atoms with E-state index in [0.29, 0.717) is 12.5 Å². The topological polar surface area (TPSA) is 67.2 Å². The summed E-state index contributed by atoms with van der Waals surface area (Å²) < 4.78 is 0. The highest BCUT2D eigenvalue weighted by Gasteiger charge is 2.11. The number of rotatable bonds is 4. The Kier molecular flexibility index (Phi) is 5.37. The van der Waals surface area contributed by atoms with E-state index in [1.165, 1.54) is 0 Å². The zero-order valence-corrected chi connectivity index (χ0v) is 9.07. The summed E-state index contributed by atoms with van der Waals surface area (Å²) >= 11 is 4.61. The van der Waals surface area contributed by atoms with Crippen molar-refractivity contribution in [2.75, 3.05) is 6.54 Å². The summed E-state index contributed by atoms with van der Waals surface area (Å²) in [6.07, 6.45) is 0. The molecule has 1 unspecified atom stereocenters. The van der Waals surface area contributed by atoms with Crippen LogP contribution in [-0.4, -0.2) is 23.6 Å². The average molecular weight is 203 g/mol. The number of carbonyl (C=O) groups is 1. The molecule has 76 valence electrons. The lowest BCUT2D eigenvalue weighted by molar-refractivity contribution is -0.122. The van der Waals surface area contributed by atoms with Crippen LogP contribution in [0.1, 0.15) is 20.8 Å². The maximum atomic E-state index is 11.3. The van der Waals surface area contributed by atoms with E-state index in [2.05, 4.69) is 22.9 Å². The van der Waals surface area contributed by atoms with Crippen LogP contribution >= 0.6 is 12.2 Å². The summed E-state index contributed by atoms with van der Waals surface area (Å²) in [5, 5.41) is 5.58. The minimum atomic E-state index is -0.365. The molecule has 0 aliphatic heterocycles. The van der Waals surface area contributed by atoms with E-state index < -0.39 is 0 Å². The van der Waals surface area contributed by atoms with Crippen LogP contribution in [0.25, 0.3) is 0 Å². The van der Waals surface area contributed by atoms with E-state index in [1.807, 2.05) is 13.8 Å². The van der Waals surface area contributed by atoms with Gasteiger partial charge in [-0.25, -0.2) is 0 Å². The van der Waals surface area contributed by atoms with E-state index in [0.717, 1.165) is 0 Å². The predicted molar refractivity (Wildman–Crippen MR) is 57.2 cm³/mol. The Morgan fingerprint density at radius 2 is 2.00 bits per heavy atom. The molecule has 0 radical (unpaired) electrons. The first-order chi connectivity index (χ1) is 5.93. The first kappa shape index (κ1) is 12.2. The highest BCUT2D eigenvalue weighted by atomic mass is 32.1. The van der Waals surface area contributed by atoms with Gasteiger partial charge in [0, 0.05) is 6.54 Å². The number of hydrogen-bond donors (Lipinski definition) is 3. The average Bonchev–Trinajstić information content (AvgIpc) is 1.98. The molecule has 0 bridgehead atoms. The van der Waals surface area contributed by atoms with Crippen LogP contribution in [0.4, 0.5) is 0 Å². The van der Waals surface area contributed by atoms with Crippen molar-refractivity contribution in [2.45, 2.75) is 26.8 Å². The van der Waals surface area contributed by atoms with Crippen LogP contribution < -0.4 is 16.4 Å². The van der Waals surface area contributed by atoms with E-state index in [4.69, 9.17) is 5.73 Å². The third kappa shape index (κ3) is 6.33. The molecule has 13 heavy (non-hydrogen) atoms. The number of thiocarbonyl (C=S) groups is 1. The van der Waals surface area contributed by atoms with Gasteiger partial charge in [0.25, 0.3) is 0 Å². The van der Waals surface area contributed by atoms with Gasteiger partial charge in [-0.1, -0.05) is 13.8 Å². The van der Waals surface area contributed by atoms with Gasteiger partial charge in [-0.3, -0.25) is 4.79 Å². The minimum absolute atomic E-state index is 0.0819. The summed E-state index contributed by atoms with van der Waals surface area (Å²) in [4.78, 5) is 11.3. The van der Waals surface area contributed by atoms with Gasteiger partial charge in [-0.2, -0.15) is 0 Å². The van der Waals surface area contributed by atoms with Gasteiger partial charge >= 0.3 is 0 Å². The van der Waals surface area contributed by atoms with Crippen LogP contribution in [0.3, 0.4) is 0 Å². The zero-order valence-electron chi connectivity index (χ0n) is 8.26. The van der Waals surface area contributed by atoms with E-state index >= 15 is 0 Å². The van der Waals surface area contributed by atoms with Crippen molar-refractivity contribution in [1.29, 1.82) is 0 Å². The summed E-state index contributed by atoms with van der Waals surface area (Å²) in [5.74, 6) is 0.363. The molecule has 4 N–H and O–H groups in total. The molecular weight excluding hydrogens is 186 g/mol. The molecule has 0 aromatic rings. The molecule has 5 heteroatoms. The van der Waals surface area contributed by atoms with Gasteiger partial charge < -0.3 is 16.4 Å². The van der Waals surface area contributed by atoms with Crippen LogP contribution in [-0.2, 0) is 4.79 Å². The molecule has 0 saturated carbocycles. The fourth-order valence-electron chi connectivity index (χ4n) is 0.737. The summed E-state index contributed by atoms with van der Waals surface area (Å²) in [6, 6.07) is -0.365. The first-order valence-corrected chi connectivity index (χ1v) is 4.68. The minimum Gasteiger partial charge on any atom is -0.376 e. The third-order valence-electron chi connectivity index (χ3n) is 1.44. The molecule has 0 aliphatic carbocycles. The van der Waals surface area contributed by atoms with Gasteiger partial charge in [0.15, 0.2) is 5.11 Å². The number of nitrogens with one attached hydrogen (secondary N) is 2. The fraction of sp³-hybridized carbons (Fsp3) is 0.750. The normalized spacial score (nSPS) is 12.3. The highest BCUT2D eigenvalue weighted by Crippen LogP contribution is 1.88. The maximum Gasteiger partial charge on any atom is 0.242 e. The van der Waals surface area contributed by atoms with Crippen LogP contribution in [0, 0.1) is 5.92 Å². The SMILES string of the molecule is CC(C)CNC(=O)C(C)NC(N)=S. The van der Waals surface area contributed by atoms with Gasteiger partial charge in [-0.15, -0.1) is 0 Å². The molecule has 0 aliphatic rings. The van der Waals surface area contributed by atoms with Crippen molar-refractivity contribution in [3.8, 4) is 0 Å². The monoisotopic (exact) mass is 203 g/mol.